The molecular weight excluding hydrogens is 639 g/mol. The number of carbonyl (C=O) groups excluding carboxylic acids is 2. The first-order valence-electron chi connectivity index (χ1n) is 16.5. The van der Waals surface area contributed by atoms with E-state index in [1.165, 1.54) is 29.5 Å². The Balaban J connectivity index is 1.60. The summed E-state index contributed by atoms with van der Waals surface area (Å²) in [7, 11) is -4.11. The van der Waals surface area contributed by atoms with Gasteiger partial charge in [-0.25, -0.2) is 13.1 Å². The number of carbonyl (C=O) groups is 2. The largest absolute Gasteiger partial charge is 0.340 e. The fourth-order valence-electron chi connectivity index (χ4n) is 5.55. The van der Waals surface area contributed by atoms with E-state index < -0.39 is 27.9 Å². The molecule has 0 radical (unpaired) electrons. The van der Waals surface area contributed by atoms with Crippen molar-refractivity contribution >= 4 is 33.6 Å². The van der Waals surface area contributed by atoms with E-state index in [-0.39, 0.29) is 11.3 Å². The smallest absolute Gasteiger partial charge is 0.264 e. The van der Waals surface area contributed by atoms with Crippen molar-refractivity contribution < 1.29 is 18.0 Å². The molecule has 0 aromatic heterocycles. The number of hydrogen-bond acceptors (Lipinski definition) is 6. The van der Waals surface area contributed by atoms with Crippen LogP contribution in [0.5, 0.6) is 0 Å². The van der Waals surface area contributed by atoms with Gasteiger partial charge in [0.25, 0.3) is 21.8 Å². The molecule has 1 unspecified atom stereocenters. The normalized spacial score (nSPS) is 12.1. The Kier molecular flexibility index (Phi) is 13.8. The number of nitrogens with zero attached hydrogens (tertiary/aromatic N) is 1. The number of thioether (sulfide) groups is 1. The Bertz CT molecular complexity index is 1760. The van der Waals surface area contributed by atoms with E-state index in [9.17, 15) is 18.0 Å². The highest BCUT2D eigenvalue weighted by molar-refractivity contribution is 7.98. The van der Waals surface area contributed by atoms with Crippen molar-refractivity contribution in [1.29, 1.82) is 0 Å². The van der Waals surface area contributed by atoms with E-state index in [0.29, 0.717) is 11.3 Å². The number of aryl methyl sites for hydroxylation is 2. The van der Waals surface area contributed by atoms with Crippen LogP contribution in [0.3, 0.4) is 0 Å². The van der Waals surface area contributed by atoms with Crippen molar-refractivity contribution in [2.24, 2.45) is 0 Å². The Morgan fingerprint density at radius 2 is 1.54 bits per heavy atom. The Labute approximate surface area is 290 Å². The summed E-state index contributed by atoms with van der Waals surface area (Å²) >= 11 is 1.52. The summed E-state index contributed by atoms with van der Waals surface area (Å²) in [5, 5.41) is 2.87. The van der Waals surface area contributed by atoms with Gasteiger partial charge >= 0.3 is 0 Å². The lowest BCUT2D eigenvalue weighted by Gasteiger charge is -2.24. The molecular formula is C39H47N3O4S2. The molecule has 4 aromatic carbocycles. The maximum atomic E-state index is 14.0. The van der Waals surface area contributed by atoms with E-state index in [1.54, 1.807) is 12.1 Å². The molecule has 4 aromatic rings. The second kappa shape index (κ2) is 18.0. The first kappa shape index (κ1) is 36.9. The van der Waals surface area contributed by atoms with Crippen molar-refractivity contribution in [2.75, 3.05) is 25.1 Å². The molecule has 0 fully saturated rings. The molecule has 254 valence electrons. The van der Waals surface area contributed by atoms with Gasteiger partial charge in [-0.3, -0.25) is 14.5 Å². The Hall–Kier alpha value is -3.92. The number of sulfonamides is 1. The number of hydrogen-bond donors (Lipinski definition) is 2. The molecule has 0 aliphatic rings. The number of amides is 2. The topological polar surface area (TPSA) is 95.6 Å². The third kappa shape index (κ3) is 10.5. The average Bonchev–Trinajstić information content (AvgIpc) is 3.08. The minimum absolute atomic E-state index is 0.00873. The van der Waals surface area contributed by atoms with Crippen LogP contribution in [0.25, 0.3) is 11.1 Å². The monoisotopic (exact) mass is 685 g/mol. The van der Waals surface area contributed by atoms with Gasteiger partial charge in [-0.1, -0.05) is 91.7 Å². The van der Waals surface area contributed by atoms with Crippen LogP contribution in [0.4, 0.5) is 0 Å². The summed E-state index contributed by atoms with van der Waals surface area (Å²) in [6.45, 7) is 8.70. The van der Waals surface area contributed by atoms with Crippen LogP contribution in [0.15, 0.2) is 102 Å². The molecule has 0 heterocycles. The molecule has 2 N–H and O–H groups in total. The SMILES string of the molecule is CCCCN(CCc1ccccc1)Cc1ccc(C(=O)NC(CCSC)C(=O)NS(=O)(=O)c2ccc(C)cc2)c(-c2ccccc2C)c1. The fourth-order valence-corrected chi connectivity index (χ4v) is 7.04. The highest BCUT2D eigenvalue weighted by Crippen LogP contribution is 2.29. The fraction of sp³-hybridized carbons (Fsp3) is 0.333. The quantitative estimate of drug-likeness (QED) is 0.122. The third-order valence-corrected chi connectivity index (χ3v) is 10.4. The lowest BCUT2D eigenvalue weighted by Crippen LogP contribution is -2.48. The molecule has 4 rings (SSSR count). The predicted molar refractivity (Wildman–Crippen MR) is 198 cm³/mol. The first-order chi connectivity index (χ1) is 23.1. The van der Waals surface area contributed by atoms with Gasteiger partial charge in [0.05, 0.1) is 4.90 Å². The predicted octanol–water partition coefficient (Wildman–Crippen LogP) is 7.17. The standard InChI is InChI=1S/C39H47N3O4S2/c1-5-6-24-42(25-22-31-13-8-7-9-14-31)28-32-18-21-35(36(27-32)34-15-11-10-12-30(34)3)38(43)40-37(23-26-47-4)39(44)41-48(45,46)33-19-16-29(2)17-20-33/h7-21,27,37H,5-6,22-26,28H2,1-4H3,(H,40,43)(H,41,44). The van der Waals surface area contributed by atoms with E-state index in [0.717, 1.165) is 66.7 Å². The molecule has 48 heavy (non-hydrogen) atoms. The van der Waals surface area contributed by atoms with E-state index >= 15 is 0 Å². The van der Waals surface area contributed by atoms with Crippen LogP contribution in [0.2, 0.25) is 0 Å². The molecule has 0 aliphatic carbocycles. The summed E-state index contributed by atoms with van der Waals surface area (Å²) in [4.78, 5) is 29.8. The average molecular weight is 686 g/mol. The van der Waals surface area contributed by atoms with Crippen molar-refractivity contribution in [2.45, 2.75) is 63.9 Å². The molecule has 0 spiro atoms. The maximum Gasteiger partial charge on any atom is 0.264 e. The zero-order valence-corrected chi connectivity index (χ0v) is 30.0. The molecule has 0 aliphatic heterocycles. The molecule has 9 heteroatoms. The van der Waals surface area contributed by atoms with Crippen molar-refractivity contribution in [3.05, 3.63) is 125 Å². The lowest BCUT2D eigenvalue weighted by atomic mass is 9.93. The lowest BCUT2D eigenvalue weighted by molar-refractivity contribution is -0.121. The Morgan fingerprint density at radius 1 is 0.833 bits per heavy atom. The first-order valence-corrected chi connectivity index (χ1v) is 19.4. The van der Waals surface area contributed by atoms with Crippen molar-refractivity contribution in [1.82, 2.24) is 14.9 Å². The van der Waals surface area contributed by atoms with Crippen molar-refractivity contribution in [3.63, 3.8) is 0 Å². The molecule has 0 saturated carbocycles. The van der Waals surface area contributed by atoms with E-state index in [4.69, 9.17) is 0 Å². The minimum atomic E-state index is -4.11. The molecule has 1 atom stereocenters. The van der Waals surface area contributed by atoms with Gasteiger partial charge in [0, 0.05) is 18.7 Å². The summed E-state index contributed by atoms with van der Waals surface area (Å²) in [6.07, 6.45) is 5.33. The van der Waals surface area contributed by atoms with Crippen LogP contribution in [-0.4, -0.2) is 56.3 Å². The van der Waals surface area contributed by atoms with Crippen LogP contribution in [-0.2, 0) is 27.8 Å². The summed E-state index contributed by atoms with van der Waals surface area (Å²) < 4.78 is 28.2. The van der Waals surface area contributed by atoms with E-state index in [1.807, 2.05) is 62.6 Å². The molecule has 2 amide bonds. The zero-order chi connectivity index (χ0) is 34.5. The van der Waals surface area contributed by atoms with Crippen LogP contribution in [0, 0.1) is 13.8 Å². The summed E-state index contributed by atoms with van der Waals surface area (Å²) in [6, 6.07) is 29.6. The number of rotatable bonds is 17. The van der Waals surface area contributed by atoms with Gasteiger partial charge in [-0.15, -0.1) is 0 Å². The van der Waals surface area contributed by atoms with Gasteiger partial charge in [-0.2, -0.15) is 11.8 Å². The van der Waals surface area contributed by atoms with Gasteiger partial charge in [-0.05, 0) is 104 Å². The second-order valence-corrected chi connectivity index (χ2v) is 14.8. The molecule has 0 saturated heterocycles. The van der Waals surface area contributed by atoms with Gasteiger partial charge in [0.1, 0.15) is 6.04 Å². The highest BCUT2D eigenvalue weighted by Gasteiger charge is 2.27. The Morgan fingerprint density at radius 3 is 2.23 bits per heavy atom. The van der Waals surface area contributed by atoms with Crippen LogP contribution >= 0.6 is 11.8 Å². The third-order valence-electron chi connectivity index (χ3n) is 8.36. The number of unbranched alkanes of at least 4 members (excludes halogenated alkanes) is 1. The van der Waals surface area contributed by atoms with Gasteiger partial charge in [0.15, 0.2) is 0 Å². The zero-order valence-electron chi connectivity index (χ0n) is 28.4. The van der Waals surface area contributed by atoms with Gasteiger partial charge < -0.3 is 5.32 Å². The molecule has 0 bridgehead atoms. The van der Waals surface area contributed by atoms with Gasteiger partial charge in [0.2, 0.25) is 0 Å². The second-order valence-electron chi connectivity index (χ2n) is 12.2. The van der Waals surface area contributed by atoms with Crippen LogP contribution < -0.4 is 10.0 Å². The van der Waals surface area contributed by atoms with Crippen molar-refractivity contribution in [3.8, 4) is 11.1 Å². The van der Waals surface area contributed by atoms with Crippen LogP contribution in [0.1, 0.15) is 58.8 Å². The minimum Gasteiger partial charge on any atom is -0.340 e. The molecule has 7 nitrogen and oxygen atoms in total. The maximum absolute atomic E-state index is 14.0. The van der Waals surface area contributed by atoms with E-state index in [2.05, 4.69) is 52.2 Å². The number of nitrogens with one attached hydrogen (secondary N) is 2. The highest BCUT2D eigenvalue weighted by atomic mass is 32.2. The number of benzene rings is 4. The summed E-state index contributed by atoms with van der Waals surface area (Å²) in [5.41, 5.74) is 6.46. The summed E-state index contributed by atoms with van der Waals surface area (Å²) in [5.74, 6) is -0.638.